The number of halogens is 4. The number of hydrogen-bond donors (Lipinski definition) is 1. The summed E-state index contributed by atoms with van der Waals surface area (Å²) in [6, 6.07) is 1.66. The average Bonchev–Trinajstić information content (AvgIpc) is 3.30. The number of thiophene rings is 1. The number of nitrogens with zero attached hydrogens (tertiary/aromatic N) is 4. The van der Waals surface area contributed by atoms with Gasteiger partial charge < -0.3 is 5.32 Å². The van der Waals surface area contributed by atoms with Crippen molar-refractivity contribution >= 4 is 11.3 Å². The summed E-state index contributed by atoms with van der Waals surface area (Å²) in [5.74, 6) is 2.52. The molecule has 0 saturated heterocycles. The van der Waals surface area contributed by atoms with Gasteiger partial charge in [-0.25, -0.2) is 22.2 Å². The molecule has 2 aromatic heterocycles. The van der Waals surface area contributed by atoms with Crippen LogP contribution in [0.4, 0.5) is 17.6 Å². The molecule has 2 aromatic rings. The lowest BCUT2D eigenvalue weighted by atomic mass is 10.0. The van der Waals surface area contributed by atoms with Crippen molar-refractivity contribution in [3.8, 4) is 11.8 Å². The summed E-state index contributed by atoms with van der Waals surface area (Å²) in [5, 5.41) is 13.0. The van der Waals surface area contributed by atoms with Gasteiger partial charge >= 0.3 is 0 Å². The van der Waals surface area contributed by atoms with E-state index in [4.69, 9.17) is 0 Å². The molecule has 0 saturated carbocycles. The molecule has 1 atom stereocenters. The van der Waals surface area contributed by atoms with Crippen molar-refractivity contribution in [1.82, 2.24) is 25.5 Å². The molecule has 5 nitrogen and oxygen atoms in total. The van der Waals surface area contributed by atoms with E-state index in [0.29, 0.717) is 10.5 Å². The maximum absolute atomic E-state index is 14.2. The van der Waals surface area contributed by atoms with E-state index < -0.39 is 24.8 Å². The second kappa shape index (κ2) is 7.70. The first-order valence-corrected chi connectivity index (χ1v) is 8.38. The van der Waals surface area contributed by atoms with Gasteiger partial charge in [-0.2, -0.15) is 0 Å². The number of nitrogens with one attached hydrogen (secondary N) is 1. The van der Waals surface area contributed by atoms with Crippen molar-refractivity contribution in [2.75, 3.05) is 0 Å². The van der Waals surface area contributed by atoms with Crippen LogP contribution in [0.25, 0.3) is 0 Å². The number of allylic oxidation sites excluding steroid dienone is 2. The second-order valence-electron chi connectivity index (χ2n) is 5.44. The van der Waals surface area contributed by atoms with Crippen LogP contribution >= 0.6 is 11.3 Å². The first-order valence-electron chi connectivity index (χ1n) is 7.57. The van der Waals surface area contributed by atoms with E-state index in [-0.39, 0.29) is 11.4 Å². The van der Waals surface area contributed by atoms with E-state index in [0.717, 1.165) is 11.3 Å². The summed E-state index contributed by atoms with van der Waals surface area (Å²) in [7, 11) is 0. The Morgan fingerprint density at radius 1 is 1.31 bits per heavy atom. The molecule has 3 rings (SSSR count). The predicted octanol–water partition coefficient (Wildman–Crippen LogP) is 3.16. The van der Waals surface area contributed by atoms with Gasteiger partial charge in [0.1, 0.15) is 12.4 Å². The Labute approximate surface area is 150 Å². The average molecular weight is 383 g/mol. The van der Waals surface area contributed by atoms with Crippen LogP contribution in [0.3, 0.4) is 0 Å². The third-order valence-electron chi connectivity index (χ3n) is 3.58. The summed E-state index contributed by atoms with van der Waals surface area (Å²) in [5.41, 5.74) is 0.490. The number of hydrogen-bond acceptors (Lipinski definition) is 5. The number of aromatic nitrogens is 4. The summed E-state index contributed by atoms with van der Waals surface area (Å²) in [4.78, 5) is 0.436. The highest BCUT2D eigenvalue weighted by Crippen LogP contribution is 2.27. The first-order chi connectivity index (χ1) is 12.4. The van der Waals surface area contributed by atoms with Gasteiger partial charge in [0.25, 0.3) is 12.3 Å². The molecule has 10 heteroatoms. The largest absolute Gasteiger partial charge is 0.378 e. The highest BCUT2D eigenvalue weighted by molar-refractivity contribution is 7.12. The summed E-state index contributed by atoms with van der Waals surface area (Å²) >= 11 is 0.906. The zero-order valence-electron chi connectivity index (χ0n) is 13.2. The topological polar surface area (TPSA) is 55.6 Å². The van der Waals surface area contributed by atoms with Gasteiger partial charge in [0.2, 0.25) is 0 Å². The van der Waals surface area contributed by atoms with E-state index in [9.17, 15) is 17.6 Å². The predicted molar refractivity (Wildman–Crippen MR) is 87.7 cm³/mol. The van der Waals surface area contributed by atoms with Gasteiger partial charge in [-0.3, -0.25) is 0 Å². The van der Waals surface area contributed by atoms with Crippen molar-refractivity contribution in [1.29, 1.82) is 0 Å². The van der Waals surface area contributed by atoms with Crippen LogP contribution < -0.4 is 5.32 Å². The van der Waals surface area contributed by atoms with Crippen molar-refractivity contribution in [2.45, 2.75) is 31.4 Å². The minimum Gasteiger partial charge on any atom is -0.378 e. The molecule has 0 aliphatic carbocycles. The van der Waals surface area contributed by atoms with Crippen LogP contribution in [0.5, 0.6) is 0 Å². The fourth-order valence-electron chi connectivity index (χ4n) is 2.20. The molecule has 0 bridgehead atoms. The molecule has 1 N–H and O–H groups in total. The smallest absolute Gasteiger partial charge is 0.273 e. The van der Waals surface area contributed by atoms with E-state index >= 15 is 0 Å². The second-order valence-corrected chi connectivity index (χ2v) is 6.56. The molecule has 0 aromatic carbocycles. The highest BCUT2D eigenvalue weighted by Gasteiger charge is 2.38. The summed E-state index contributed by atoms with van der Waals surface area (Å²) in [6.45, 7) is -0.00670. The molecule has 1 unspecified atom stereocenters. The summed E-state index contributed by atoms with van der Waals surface area (Å²) < 4.78 is 54.8. The molecule has 136 valence electrons. The molecular weight excluding hydrogens is 370 g/mol. The Hall–Kier alpha value is -2.67. The van der Waals surface area contributed by atoms with Crippen LogP contribution in [0.1, 0.15) is 22.6 Å². The maximum atomic E-state index is 14.2. The fraction of sp³-hybridized carbons (Fsp3) is 0.312. The van der Waals surface area contributed by atoms with E-state index in [2.05, 4.69) is 32.7 Å². The van der Waals surface area contributed by atoms with Crippen LogP contribution in [0.15, 0.2) is 42.4 Å². The Morgan fingerprint density at radius 3 is 2.77 bits per heavy atom. The van der Waals surface area contributed by atoms with Crippen LogP contribution in [0, 0.1) is 11.8 Å². The lowest BCUT2D eigenvalue weighted by molar-refractivity contribution is -0.0314. The van der Waals surface area contributed by atoms with Crippen LogP contribution in [0.2, 0.25) is 0 Å². The van der Waals surface area contributed by atoms with Crippen molar-refractivity contribution in [2.24, 2.45) is 0 Å². The third kappa shape index (κ3) is 4.49. The molecule has 0 amide bonds. The standard InChI is InChI=1S/C16H13F4N5S/c17-15(18)13-5-4-12(26-13)3-1-11-2-6-14(21-9-11)16(19,20)7-8-25-10-22-23-24-25/h2,4-6,9-10,14-15,21H,7-8H2. The number of alkyl halides is 4. The molecule has 1 aliphatic rings. The number of tetrazole rings is 1. The van der Waals surface area contributed by atoms with E-state index in [1.165, 1.54) is 41.5 Å². The van der Waals surface area contributed by atoms with Crippen LogP contribution in [-0.2, 0) is 6.54 Å². The van der Waals surface area contributed by atoms with Gasteiger partial charge in [-0.1, -0.05) is 17.9 Å². The van der Waals surface area contributed by atoms with Crippen molar-refractivity contribution in [3.05, 3.63) is 52.1 Å². The molecular formula is C16H13F4N5S. The molecule has 0 fully saturated rings. The van der Waals surface area contributed by atoms with Crippen molar-refractivity contribution < 1.29 is 17.6 Å². The third-order valence-corrected chi connectivity index (χ3v) is 4.59. The first kappa shape index (κ1) is 18.1. The fourth-order valence-corrected chi connectivity index (χ4v) is 2.91. The lowest BCUT2D eigenvalue weighted by Crippen LogP contribution is -2.43. The Bertz CT molecular complexity index is 861. The minimum absolute atomic E-state index is 0.00670. The highest BCUT2D eigenvalue weighted by atomic mass is 32.1. The SMILES string of the molecule is FC(F)c1ccc(C#CC2=CNC(C(F)(F)CCn3cnnn3)C=C2)s1. The maximum Gasteiger partial charge on any atom is 0.273 e. The lowest BCUT2D eigenvalue weighted by Gasteiger charge is -2.26. The van der Waals surface area contributed by atoms with Gasteiger partial charge in [0, 0.05) is 18.2 Å². The monoisotopic (exact) mass is 383 g/mol. The van der Waals surface area contributed by atoms with Gasteiger partial charge in [0.15, 0.2) is 0 Å². The molecule has 0 spiro atoms. The van der Waals surface area contributed by atoms with Crippen molar-refractivity contribution in [3.63, 3.8) is 0 Å². The number of aryl methyl sites for hydroxylation is 1. The van der Waals surface area contributed by atoms with Gasteiger partial charge in [-0.15, -0.1) is 16.4 Å². The van der Waals surface area contributed by atoms with E-state index in [1.807, 2.05) is 0 Å². The van der Waals surface area contributed by atoms with Gasteiger partial charge in [-0.05, 0) is 28.6 Å². The zero-order chi connectivity index (χ0) is 18.6. The number of dihydropyridines is 1. The summed E-state index contributed by atoms with van der Waals surface area (Å²) in [6.07, 6.45) is 2.54. The molecule has 26 heavy (non-hydrogen) atoms. The zero-order valence-corrected chi connectivity index (χ0v) is 14.1. The molecule has 0 radical (unpaired) electrons. The molecule has 1 aliphatic heterocycles. The Morgan fingerprint density at radius 2 is 2.15 bits per heavy atom. The van der Waals surface area contributed by atoms with Crippen LogP contribution in [-0.4, -0.2) is 32.2 Å². The normalized spacial score (nSPS) is 16.8. The van der Waals surface area contributed by atoms with Gasteiger partial charge in [0.05, 0.1) is 16.3 Å². The minimum atomic E-state index is -3.00. The Balaban J connectivity index is 1.57. The van der Waals surface area contributed by atoms with E-state index in [1.54, 1.807) is 0 Å². The Kier molecular flexibility index (Phi) is 5.37. The number of rotatable bonds is 5. The molecule has 3 heterocycles. The quantitative estimate of drug-likeness (QED) is 0.637.